The van der Waals surface area contributed by atoms with Crippen LogP contribution in [0.4, 0.5) is 5.82 Å². The quantitative estimate of drug-likeness (QED) is 0.796. The fourth-order valence-corrected chi connectivity index (χ4v) is 2.41. The molecule has 1 aromatic heterocycles. The molecule has 1 heterocycles. The van der Waals surface area contributed by atoms with Gasteiger partial charge in [0.2, 0.25) is 0 Å². The van der Waals surface area contributed by atoms with Gasteiger partial charge >= 0.3 is 0 Å². The number of rotatable bonds is 2. The second-order valence-electron chi connectivity index (χ2n) is 4.02. The lowest BCUT2D eigenvalue weighted by Crippen LogP contribution is -1.97. The number of phenolic OH excluding ortho intramolecular Hbond substituents is 1. The molecule has 5 nitrogen and oxygen atoms in total. The van der Waals surface area contributed by atoms with Gasteiger partial charge in [0.1, 0.15) is 5.82 Å². The fraction of sp³-hybridized carbons (Fsp3) is 0.250. The van der Waals surface area contributed by atoms with Crippen molar-refractivity contribution in [3.8, 4) is 22.6 Å². The molecular weight excluding hydrogens is 298 g/mol. The van der Waals surface area contributed by atoms with E-state index < -0.39 is 0 Å². The van der Waals surface area contributed by atoms with Crippen LogP contribution in [0.5, 0.6) is 11.5 Å². The van der Waals surface area contributed by atoms with E-state index in [1.165, 1.54) is 7.11 Å². The molecule has 6 heteroatoms. The molecule has 0 atom stereocenters. The highest BCUT2D eigenvalue weighted by Crippen LogP contribution is 2.46. The number of methoxy groups -OCH3 is 1. The van der Waals surface area contributed by atoms with Crippen LogP contribution in [0, 0.1) is 13.8 Å². The highest BCUT2D eigenvalue weighted by molar-refractivity contribution is 9.10. The van der Waals surface area contributed by atoms with E-state index in [-0.39, 0.29) is 5.75 Å². The number of nitrogens with one attached hydrogen (secondary N) is 1. The Morgan fingerprint density at radius 1 is 1.39 bits per heavy atom. The first kappa shape index (κ1) is 12.8. The maximum Gasteiger partial charge on any atom is 0.166 e. The zero-order valence-corrected chi connectivity index (χ0v) is 11.9. The minimum Gasteiger partial charge on any atom is -0.504 e. The van der Waals surface area contributed by atoms with E-state index in [2.05, 4.69) is 26.1 Å². The van der Waals surface area contributed by atoms with Crippen LogP contribution in [0.3, 0.4) is 0 Å². The minimum absolute atomic E-state index is 0.0730. The molecule has 18 heavy (non-hydrogen) atoms. The molecule has 0 radical (unpaired) electrons. The maximum atomic E-state index is 10.3. The van der Waals surface area contributed by atoms with E-state index in [9.17, 15) is 5.11 Å². The first-order chi connectivity index (χ1) is 8.49. The maximum absolute atomic E-state index is 10.3. The van der Waals surface area contributed by atoms with Crippen molar-refractivity contribution in [3.05, 3.63) is 21.8 Å². The number of nitrogens with two attached hydrogens (primary N) is 1. The van der Waals surface area contributed by atoms with Gasteiger partial charge in [-0.25, -0.2) is 0 Å². The molecule has 0 saturated heterocycles. The monoisotopic (exact) mass is 311 g/mol. The van der Waals surface area contributed by atoms with Gasteiger partial charge in [0.25, 0.3) is 0 Å². The van der Waals surface area contributed by atoms with Gasteiger partial charge in [-0.2, -0.15) is 5.10 Å². The minimum atomic E-state index is 0.0730. The molecule has 0 aliphatic heterocycles. The summed E-state index contributed by atoms with van der Waals surface area (Å²) in [5.41, 5.74) is 8.82. The molecule has 96 valence electrons. The Morgan fingerprint density at radius 3 is 2.56 bits per heavy atom. The number of nitrogens with zero attached hydrogens (tertiary/aromatic N) is 1. The van der Waals surface area contributed by atoms with E-state index in [1.807, 2.05) is 13.8 Å². The van der Waals surface area contributed by atoms with Gasteiger partial charge in [0, 0.05) is 21.2 Å². The Bertz CT molecular complexity index is 608. The van der Waals surface area contributed by atoms with Gasteiger partial charge in [0.05, 0.1) is 13.3 Å². The number of phenols is 1. The van der Waals surface area contributed by atoms with Crippen LogP contribution in [-0.4, -0.2) is 22.4 Å². The zero-order chi connectivity index (χ0) is 13.4. The number of aromatic nitrogens is 2. The number of aromatic amines is 1. The summed E-state index contributed by atoms with van der Waals surface area (Å²) in [5.74, 6) is 0.915. The largest absolute Gasteiger partial charge is 0.504 e. The Kier molecular flexibility index (Phi) is 3.21. The number of aromatic hydroxyl groups is 1. The van der Waals surface area contributed by atoms with Crippen LogP contribution in [0.25, 0.3) is 11.1 Å². The first-order valence-electron chi connectivity index (χ1n) is 5.33. The molecule has 1 aromatic carbocycles. The average Bonchev–Trinajstić information content (AvgIpc) is 2.74. The molecule has 0 fully saturated rings. The second kappa shape index (κ2) is 4.53. The topological polar surface area (TPSA) is 84.2 Å². The Balaban J connectivity index is 2.83. The van der Waals surface area contributed by atoms with Crippen molar-refractivity contribution in [2.45, 2.75) is 13.8 Å². The molecule has 0 aliphatic rings. The van der Waals surface area contributed by atoms with Gasteiger partial charge in [-0.15, -0.1) is 0 Å². The van der Waals surface area contributed by atoms with Crippen LogP contribution in [0.2, 0.25) is 0 Å². The third-order valence-electron chi connectivity index (χ3n) is 2.97. The predicted molar refractivity (Wildman–Crippen MR) is 73.8 cm³/mol. The fourth-order valence-electron chi connectivity index (χ4n) is 2.03. The lowest BCUT2D eigenvalue weighted by atomic mass is 9.98. The van der Waals surface area contributed by atoms with Gasteiger partial charge in [-0.05, 0) is 19.4 Å². The lowest BCUT2D eigenvalue weighted by Gasteiger charge is -2.16. The van der Waals surface area contributed by atoms with Crippen molar-refractivity contribution in [1.82, 2.24) is 10.2 Å². The van der Waals surface area contributed by atoms with Crippen molar-refractivity contribution < 1.29 is 9.84 Å². The summed E-state index contributed by atoms with van der Waals surface area (Å²) in [6.07, 6.45) is 1.58. The zero-order valence-electron chi connectivity index (χ0n) is 10.3. The highest BCUT2D eigenvalue weighted by atomic mass is 79.9. The SMILES string of the molecule is COc1c(C)c(Br)c(C)c(-c2cn[nH]c2N)c1O. The van der Waals surface area contributed by atoms with Crippen LogP contribution in [0.1, 0.15) is 11.1 Å². The Morgan fingerprint density at radius 2 is 2.06 bits per heavy atom. The number of H-pyrrole nitrogens is 1. The third-order valence-corrected chi connectivity index (χ3v) is 4.16. The van der Waals surface area contributed by atoms with E-state index in [4.69, 9.17) is 10.5 Å². The summed E-state index contributed by atoms with van der Waals surface area (Å²) in [4.78, 5) is 0. The van der Waals surface area contributed by atoms with Crippen LogP contribution in [0.15, 0.2) is 10.7 Å². The smallest absolute Gasteiger partial charge is 0.166 e. The summed E-state index contributed by atoms with van der Waals surface area (Å²) in [7, 11) is 1.52. The number of hydrogen-bond donors (Lipinski definition) is 3. The van der Waals surface area contributed by atoms with Crippen molar-refractivity contribution in [3.63, 3.8) is 0 Å². The van der Waals surface area contributed by atoms with E-state index in [0.717, 1.165) is 15.6 Å². The summed E-state index contributed by atoms with van der Waals surface area (Å²) in [6, 6.07) is 0. The van der Waals surface area contributed by atoms with E-state index >= 15 is 0 Å². The molecular formula is C12H14BrN3O2. The number of nitrogen functional groups attached to an aromatic ring is 1. The molecule has 0 bridgehead atoms. The van der Waals surface area contributed by atoms with E-state index in [1.54, 1.807) is 6.20 Å². The van der Waals surface area contributed by atoms with Crippen LogP contribution >= 0.6 is 15.9 Å². The van der Waals surface area contributed by atoms with Gasteiger partial charge in [0.15, 0.2) is 11.5 Å². The molecule has 0 amide bonds. The Hall–Kier alpha value is -1.69. The summed E-state index contributed by atoms with van der Waals surface area (Å²) < 4.78 is 6.12. The molecule has 2 rings (SSSR count). The van der Waals surface area contributed by atoms with Gasteiger partial charge < -0.3 is 15.6 Å². The van der Waals surface area contributed by atoms with Crippen LogP contribution in [-0.2, 0) is 0 Å². The van der Waals surface area contributed by atoms with Gasteiger partial charge in [-0.3, -0.25) is 5.10 Å². The number of hydrogen-bond acceptors (Lipinski definition) is 4. The first-order valence-corrected chi connectivity index (χ1v) is 6.13. The average molecular weight is 312 g/mol. The normalized spacial score (nSPS) is 10.7. The number of halogens is 1. The van der Waals surface area contributed by atoms with Crippen molar-refractivity contribution in [2.75, 3.05) is 12.8 Å². The lowest BCUT2D eigenvalue weighted by molar-refractivity contribution is 0.371. The number of anilines is 1. The van der Waals surface area contributed by atoms with E-state index in [0.29, 0.717) is 22.7 Å². The van der Waals surface area contributed by atoms with Crippen molar-refractivity contribution in [1.29, 1.82) is 0 Å². The number of benzene rings is 1. The molecule has 0 unspecified atom stereocenters. The van der Waals surface area contributed by atoms with Crippen molar-refractivity contribution >= 4 is 21.7 Å². The Labute approximate surface area is 113 Å². The molecule has 0 saturated carbocycles. The van der Waals surface area contributed by atoms with Gasteiger partial charge in [-0.1, -0.05) is 15.9 Å². The highest BCUT2D eigenvalue weighted by Gasteiger charge is 2.21. The third kappa shape index (κ3) is 1.73. The molecule has 0 spiro atoms. The second-order valence-corrected chi connectivity index (χ2v) is 4.81. The van der Waals surface area contributed by atoms with Crippen molar-refractivity contribution in [2.24, 2.45) is 0 Å². The summed E-state index contributed by atoms with van der Waals surface area (Å²) in [5, 5.41) is 16.9. The molecule has 0 aliphatic carbocycles. The standard InChI is InChI=1S/C12H14BrN3O2/c1-5-8(7-4-15-16-12(7)14)10(17)11(18-3)6(2)9(5)13/h4,17H,1-3H3,(H3,14,15,16). The van der Waals surface area contributed by atoms with Crippen LogP contribution < -0.4 is 10.5 Å². The summed E-state index contributed by atoms with van der Waals surface area (Å²) >= 11 is 3.50. The molecule has 4 N–H and O–H groups in total. The predicted octanol–water partition coefficient (Wildman–Crippen LogP) is 2.75. The summed E-state index contributed by atoms with van der Waals surface area (Å²) in [6.45, 7) is 3.77. The molecule has 2 aromatic rings. The number of ether oxygens (including phenoxy) is 1.